The summed E-state index contributed by atoms with van der Waals surface area (Å²) in [6, 6.07) is 16.0. The maximum Gasteiger partial charge on any atom is 0.308 e. The van der Waals surface area contributed by atoms with E-state index < -0.39 is 11.9 Å². The van der Waals surface area contributed by atoms with Crippen LogP contribution in [0.3, 0.4) is 0 Å². The molecule has 1 aliphatic rings. The van der Waals surface area contributed by atoms with Gasteiger partial charge in [0, 0.05) is 19.5 Å². The zero-order chi connectivity index (χ0) is 18.5. The minimum absolute atomic E-state index is 0.0736. The van der Waals surface area contributed by atoms with Crippen LogP contribution < -0.4 is 4.74 Å². The van der Waals surface area contributed by atoms with Crippen molar-refractivity contribution in [3.05, 3.63) is 65.2 Å². The molecule has 5 nitrogen and oxygen atoms in total. The van der Waals surface area contributed by atoms with Gasteiger partial charge in [-0.1, -0.05) is 42.0 Å². The number of aryl methyl sites for hydroxylation is 1. The number of aliphatic carboxylic acids is 1. The van der Waals surface area contributed by atoms with E-state index in [9.17, 15) is 9.59 Å². The lowest BCUT2D eigenvalue weighted by atomic mass is 10.1. The lowest BCUT2D eigenvalue weighted by Crippen LogP contribution is -2.28. The number of rotatable bonds is 7. The van der Waals surface area contributed by atoms with Crippen LogP contribution in [0.25, 0.3) is 0 Å². The Balaban J connectivity index is 1.49. The number of benzene rings is 2. The van der Waals surface area contributed by atoms with Gasteiger partial charge in [-0.15, -0.1) is 0 Å². The summed E-state index contributed by atoms with van der Waals surface area (Å²) in [4.78, 5) is 24.5. The lowest BCUT2D eigenvalue weighted by Gasteiger charge is -2.16. The smallest absolute Gasteiger partial charge is 0.308 e. The predicted octanol–water partition coefficient (Wildman–Crippen LogP) is 3.05. The van der Waals surface area contributed by atoms with Gasteiger partial charge in [0.2, 0.25) is 5.91 Å². The summed E-state index contributed by atoms with van der Waals surface area (Å²) >= 11 is 0. The van der Waals surface area contributed by atoms with Crippen molar-refractivity contribution in [3.63, 3.8) is 0 Å². The van der Waals surface area contributed by atoms with Crippen molar-refractivity contribution in [2.24, 2.45) is 5.92 Å². The Morgan fingerprint density at radius 2 is 1.96 bits per heavy atom. The van der Waals surface area contributed by atoms with Gasteiger partial charge < -0.3 is 14.7 Å². The zero-order valence-corrected chi connectivity index (χ0v) is 14.9. The fraction of sp³-hybridized carbons (Fsp3) is 0.333. The fourth-order valence-corrected chi connectivity index (χ4v) is 3.14. The number of carbonyl (C=O) groups excluding carboxylic acids is 1. The molecule has 0 radical (unpaired) electrons. The Labute approximate surface area is 153 Å². The molecule has 1 heterocycles. The molecule has 1 amide bonds. The van der Waals surface area contributed by atoms with E-state index in [0.717, 1.165) is 16.9 Å². The van der Waals surface area contributed by atoms with E-state index in [4.69, 9.17) is 9.84 Å². The molecule has 1 saturated heterocycles. The highest BCUT2D eigenvalue weighted by atomic mass is 16.5. The van der Waals surface area contributed by atoms with Crippen LogP contribution in [0.5, 0.6) is 5.75 Å². The topological polar surface area (TPSA) is 66.8 Å². The molecule has 0 saturated carbocycles. The molecule has 0 aliphatic carbocycles. The van der Waals surface area contributed by atoms with E-state index in [1.54, 1.807) is 4.90 Å². The third-order valence-electron chi connectivity index (χ3n) is 4.65. The highest BCUT2D eigenvalue weighted by Crippen LogP contribution is 2.19. The average molecular weight is 353 g/mol. The monoisotopic (exact) mass is 353 g/mol. The van der Waals surface area contributed by atoms with Gasteiger partial charge in [0.05, 0.1) is 5.92 Å². The van der Waals surface area contributed by atoms with Gasteiger partial charge in [0.1, 0.15) is 12.4 Å². The highest BCUT2D eigenvalue weighted by Gasteiger charge is 2.33. The largest absolute Gasteiger partial charge is 0.489 e. The summed E-state index contributed by atoms with van der Waals surface area (Å²) in [6.45, 7) is 3.44. The third kappa shape index (κ3) is 4.63. The molecular weight excluding hydrogens is 330 g/mol. The van der Waals surface area contributed by atoms with E-state index in [1.807, 2.05) is 36.4 Å². The molecule has 5 heteroatoms. The molecule has 0 aromatic heterocycles. The quantitative estimate of drug-likeness (QED) is 0.831. The van der Waals surface area contributed by atoms with Gasteiger partial charge in [-0.25, -0.2) is 0 Å². The highest BCUT2D eigenvalue weighted by molar-refractivity contribution is 5.86. The Kier molecular flexibility index (Phi) is 5.56. The molecule has 0 spiro atoms. The summed E-state index contributed by atoms with van der Waals surface area (Å²) in [5.41, 5.74) is 3.44. The van der Waals surface area contributed by atoms with Crippen molar-refractivity contribution in [3.8, 4) is 5.75 Å². The van der Waals surface area contributed by atoms with Gasteiger partial charge in [-0.2, -0.15) is 0 Å². The number of amides is 1. The van der Waals surface area contributed by atoms with Crippen LogP contribution in [0, 0.1) is 12.8 Å². The number of ether oxygens (including phenoxy) is 1. The van der Waals surface area contributed by atoms with E-state index in [-0.39, 0.29) is 12.3 Å². The zero-order valence-electron chi connectivity index (χ0n) is 14.9. The summed E-state index contributed by atoms with van der Waals surface area (Å²) in [7, 11) is 0. The number of nitrogens with zero attached hydrogens (tertiary/aromatic N) is 1. The third-order valence-corrected chi connectivity index (χ3v) is 4.65. The second-order valence-corrected chi connectivity index (χ2v) is 6.75. The minimum atomic E-state index is -0.893. The second kappa shape index (κ2) is 8.04. The van der Waals surface area contributed by atoms with Gasteiger partial charge in [0.15, 0.2) is 0 Å². The molecule has 26 heavy (non-hydrogen) atoms. The van der Waals surface area contributed by atoms with Crippen molar-refractivity contribution >= 4 is 11.9 Å². The van der Waals surface area contributed by atoms with Crippen LogP contribution in [0.2, 0.25) is 0 Å². The summed E-state index contributed by atoms with van der Waals surface area (Å²) < 4.78 is 5.81. The molecular formula is C21H23NO4. The van der Waals surface area contributed by atoms with Crippen LogP contribution in [-0.2, 0) is 22.6 Å². The van der Waals surface area contributed by atoms with E-state index in [1.165, 1.54) is 5.56 Å². The standard InChI is InChI=1S/C21H23NO4/c1-15-3-2-4-17(11-15)14-26-19-7-5-16(6-8-19)9-10-22-13-18(21(24)25)12-20(22)23/h2-8,11,18H,9-10,12-14H2,1H3,(H,24,25). The molecule has 1 fully saturated rings. The maximum atomic E-state index is 11.9. The van der Waals surface area contributed by atoms with Gasteiger partial charge >= 0.3 is 5.97 Å². The first-order valence-electron chi connectivity index (χ1n) is 8.79. The number of carbonyl (C=O) groups is 2. The van der Waals surface area contributed by atoms with Crippen molar-refractivity contribution in [2.45, 2.75) is 26.4 Å². The van der Waals surface area contributed by atoms with Crippen LogP contribution >= 0.6 is 0 Å². The van der Waals surface area contributed by atoms with Crippen molar-refractivity contribution in [1.82, 2.24) is 4.90 Å². The van der Waals surface area contributed by atoms with Gasteiger partial charge in [0.25, 0.3) is 0 Å². The number of likely N-dealkylation sites (tertiary alicyclic amines) is 1. The first-order valence-corrected chi connectivity index (χ1v) is 8.79. The van der Waals surface area contributed by atoms with Crippen LogP contribution in [0.1, 0.15) is 23.1 Å². The number of carboxylic acids is 1. The molecule has 2 aromatic rings. The van der Waals surface area contributed by atoms with E-state index in [2.05, 4.69) is 19.1 Å². The molecule has 3 rings (SSSR count). The Morgan fingerprint density at radius 1 is 1.19 bits per heavy atom. The molecule has 136 valence electrons. The maximum absolute atomic E-state index is 11.9. The van der Waals surface area contributed by atoms with Crippen LogP contribution in [0.4, 0.5) is 0 Å². The summed E-state index contributed by atoms with van der Waals surface area (Å²) in [5.74, 6) is -0.732. The molecule has 1 N–H and O–H groups in total. The Hall–Kier alpha value is -2.82. The van der Waals surface area contributed by atoms with Gasteiger partial charge in [-0.3, -0.25) is 9.59 Å². The van der Waals surface area contributed by atoms with Crippen molar-refractivity contribution < 1.29 is 19.4 Å². The van der Waals surface area contributed by atoms with Crippen molar-refractivity contribution in [1.29, 1.82) is 0 Å². The lowest BCUT2D eigenvalue weighted by molar-refractivity contribution is -0.141. The number of carboxylic acid groups (broad SMARTS) is 1. The van der Waals surface area contributed by atoms with Gasteiger partial charge in [-0.05, 0) is 36.6 Å². The van der Waals surface area contributed by atoms with Crippen molar-refractivity contribution in [2.75, 3.05) is 13.1 Å². The van der Waals surface area contributed by atoms with E-state index in [0.29, 0.717) is 26.1 Å². The number of hydrogen-bond acceptors (Lipinski definition) is 3. The molecule has 1 atom stereocenters. The SMILES string of the molecule is Cc1cccc(COc2ccc(CCN3CC(C(=O)O)CC3=O)cc2)c1. The predicted molar refractivity (Wildman–Crippen MR) is 98.0 cm³/mol. The normalized spacial score (nSPS) is 16.7. The second-order valence-electron chi connectivity index (χ2n) is 6.75. The first kappa shape index (κ1) is 18.0. The number of hydrogen-bond donors (Lipinski definition) is 1. The summed E-state index contributed by atoms with van der Waals surface area (Å²) in [5, 5.41) is 9.02. The van der Waals surface area contributed by atoms with Crippen LogP contribution in [0.15, 0.2) is 48.5 Å². The molecule has 2 aromatic carbocycles. The molecule has 1 unspecified atom stereocenters. The molecule has 1 aliphatic heterocycles. The summed E-state index contributed by atoms with van der Waals surface area (Å²) in [6.07, 6.45) is 0.817. The van der Waals surface area contributed by atoms with E-state index >= 15 is 0 Å². The Morgan fingerprint density at radius 3 is 2.62 bits per heavy atom. The van der Waals surface area contributed by atoms with Crippen LogP contribution in [-0.4, -0.2) is 35.0 Å². The molecule has 0 bridgehead atoms. The minimum Gasteiger partial charge on any atom is -0.489 e. The Bertz CT molecular complexity index is 785. The fourth-order valence-electron chi connectivity index (χ4n) is 3.14. The average Bonchev–Trinajstić information content (AvgIpc) is 3.00. The first-order chi connectivity index (χ1) is 12.5.